The molecule has 0 aromatic rings. The quantitative estimate of drug-likeness (QED) is 0.337. The van der Waals surface area contributed by atoms with E-state index >= 15 is 0 Å². The van der Waals surface area contributed by atoms with Crippen LogP contribution >= 0.6 is 0 Å². The van der Waals surface area contributed by atoms with Crippen molar-refractivity contribution in [3.63, 3.8) is 0 Å². The van der Waals surface area contributed by atoms with E-state index in [1.807, 2.05) is 0 Å². The van der Waals surface area contributed by atoms with Crippen molar-refractivity contribution in [2.75, 3.05) is 13.1 Å². The number of aliphatic carboxylic acids is 1. The van der Waals surface area contributed by atoms with Gasteiger partial charge in [0.1, 0.15) is 18.1 Å². The van der Waals surface area contributed by atoms with Gasteiger partial charge in [-0.2, -0.15) is 0 Å². The van der Waals surface area contributed by atoms with Gasteiger partial charge < -0.3 is 31.9 Å². The number of carbonyl (C=O) groups excluding carboxylic acids is 2. The fraction of sp³-hybridized carbons (Fsp3) is 0.667. The number of aliphatic hydroxyl groups excluding tert-OH is 1. The lowest BCUT2D eigenvalue weighted by atomic mass is 10.1. The SMILES string of the molecule is C[C@@H](O)[C@H](N)C(=O)N[C@H](CC#CCN)C(=O)N1CCC[C@H]1C(=O)O. The fourth-order valence-corrected chi connectivity index (χ4v) is 2.42. The van der Waals surface area contributed by atoms with Crippen LogP contribution in [0.4, 0.5) is 0 Å². The molecular formula is C15H24N4O5. The summed E-state index contributed by atoms with van der Waals surface area (Å²) in [6.07, 6.45) is -0.166. The molecule has 24 heavy (non-hydrogen) atoms. The monoisotopic (exact) mass is 340 g/mol. The largest absolute Gasteiger partial charge is 0.480 e. The summed E-state index contributed by atoms with van der Waals surface area (Å²) in [4.78, 5) is 37.1. The second-order valence-electron chi connectivity index (χ2n) is 5.62. The maximum atomic E-state index is 12.6. The molecule has 0 bridgehead atoms. The smallest absolute Gasteiger partial charge is 0.326 e. The van der Waals surface area contributed by atoms with E-state index in [1.165, 1.54) is 11.8 Å². The van der Waals surface area contributed by atoms with Gasteiger partial charge in [-0.25, -0.2) is 4.79 Å². The number of carboxylic acids is 1. The molecule has 0 aromatic heterocycles. The van der Waals surface area contributed by atoms with Gasteiger partial charge in [-0.3, -0.25) is 9.59 Å². The standard InChI is InChI=1S/C15H24N4O5/c1-9(20)12(17)13(21)18-10(5-2-3-7-16)14(22)19-8-4-6-11(19)15(23)24/h9-12,20H,4-8,16-17H2,1H3,(H,18,21)(H,23,24)/t9-,10-,11+,12+/m1/s1. The Balaban J connectivity index is 2.89. The number of nitrogens with zero attached hydrogens (tertiary/aromatic N) is 1. The summed E-state index contributed by atoms with van der Waals surface area (Å²) in [6.45, 7) is 1.76. The second kappa shape index (κ2) is 9.22. The molecule has 0 saturated carbocycles. The maximum absolute atomic E-state index is 12.6. The molecule has 1 aliphatic rings. The van der Waals surface area contributed by atoms with E-state index in [0.717, 1.165) is 0 Å². The Bertz CT molecular complexity index is 540. The van der Waals surface area contributed by atoms with Crippen molar-refractivity contribution < 1.29 is 24.6 Å². The van der Waals surface area contributed by atoms with Crippen LogP contribution in [0.25, 0.3) is 0 Å². The van der Waals surface area contributed by atoms with Gasteiger partial charge in [0.25, 0.3) is 0 Å². The van der Waals surface area contributed by atoms with Crippen LogP contribution in [0, 0.1) is 11.8 Å². The van der Waals surface area contributed by atoms with Crippen molar-refractivity contribution in [2.45, 2.75) is 50.4 Å². The number of amides is 2. The van der Waals surface area contributed by atoms with Crippen LogP contribution in [0.3, 0.4) is 0 Å². The zero-order chi connectivity index (χ0) is 18.3. The minimum atomic E-state index is -1.20. The van der Waals surface area contributed by atoms with E-state index in [4.69, 9.17) is 11.5 Å². The molecule has 1 fully saturated rings. The van der Waals surface area contributed by atoms with Crippen molar-refractivity contribution in [3.05, 3.63) is 0 Å². The highest BCUT2D eigenvalue weighted by atomic mass is 16.4. The van der Waals surface area contributed by atoms with Gasteiger partial charge in [-0.1, -0.05) is 11.8 Å². The van der Waals surface area contributed by atoms with Gasteiger partial charge in [0.2, 0.25) is 11.8 Å². The predicted molar refractivity (Wildman–Crippen MR) is 85.4 cm³/mol. The second-order valence-corrected chi connectivity index (χ2v) is 5.62. The van der Waals surface area contributed by atoms with Crippen LogP contribution in [0.5, 0.6) is 0 Å². The van der Waals surface area contributed by atoms with Crippen molar-refractivity contribution in [2.24, 2.45) is 11.5 Å². The Morgan fingerprint density at radius 2 is 2.04 bits per heavy atom. The number of carboxylic acid groups (broad SMARTS) is 1. The van der Waals surface area contributed by atoms with Crippen molar-refractivity contribution in [1.82, 2.24) is 10.2 Å². The average molecular weight is 340 g/mol. The highest BCUT2D eigenvalue weighted by Gasteiger charge is 2.37. The lowest BCUT2D eigenvalue weighted by Crippen LogP contribution is -2.56. The van der Waals surface area contributed by atoms with E-state index in [0.29, 0.717) is 19.4 Å². The third kappa shape index (κ3) is 5.19. The molecule has 0 aromatic carbocycles. The third-order valence-corrected chi connectivity index (χ3v) is 3.79. The number of hydrogen-bond acceptors (Lipinski definition) is 6. The van der Waals surface area contributed by atoms with Crippen LogP contribution < -0.4 is 16.8 Å². The summed E-state index contributed by atoms with van der Waals surface area (Å²) in [7, 11) is 0. The lowest BCUT2D eigenvalue weighted by Gasteiger charge is -2.27. The van der Waals surface area contributed by atoms with Crippen molar-refractivity contribution >= 4 is 17.8 Å². The highest BCUT2D eigenvalue weighted by Crippen LogP contribution is 2.19. The molecule has 4 atom stereocenters. The van der Waals surface area contributed by atoms with Crippen LogP contribution in [0.1, 0.15) is 26.2 Å². The van der Waals surface area contributed by atoms with Gasteiger partial charge in [0.05, 0.1) is 12.6 Å². The molecule has 134 valence electrons. The fourth-order valence-electron chi connectivity index (χ4n) is 2.42. The minimum Gasteiger partial charge on any atom is -0.480 e. The van der Waals surface area contributed by atoms with E-state index in [-0.39, 0.29) is 13.0 Å². The topological polar surface area (TPSA) is 159 Å². The lowest BCUT2D eigenvalue weighted by molar-refractivity contribution is -0.149. The molecule has 2 amide bonds. The molecule has 9 nitrogen and oxygen atoms in total. The first-order chi connectivity index (χ1) is 11.3. The van der Waals surface area contributed by atoms with Crippen LogP contribution in [0.15, 0.2) is 0 Å². The zero-order valence-corrected chi connectivity index (χ0v) is 13.6. The summed E-state index contributed by atoms with van der Waals surface area (Å²) >= 11 is 0. The summed E-state index contributed by atoms with van der Waals surface area (Å²) in [6, 6.07) is -3.15. The first-order valence-electron chi connectivity index (χ1n) is 7.72. The summed E-state index contributed by atoms with van der Waals surface area (Å²) in [5, 5.41) is 21.0. The van der Waals surface area contributed by atoms with Gasteiger partial charge >= 0.3 is 5.97 Å². The highest BCUT2D eigenvalue weighted by molar-refractivity contribution is 5.92. The number of carbonyl (C=O) groups is 3. The van der Waals surface area contributed by atoms with Crippen molar-refractivity contribution in [1.29, 1.82) is 0 Å². The van der Waals surface area contributed by atoms with Crippen LogP contribution in [0.2, 0.25) is 0 Å². The van der Waals surface area contributed by atoms with E-state index in [2.05, 4.69) is 17.2 Å². The van der Waals surface area contributed by atoms with Gasteiger partial charge in [0, 0.05) is 13.0 Å². The minimum absolute atomic E-state index is 0.0167. The first kappa shape index (κ1) is 19.9. The number of aliphatic hydroxyl groups is 1. The molecule has 9 heteroatoms. The Morgan fingerprint density at radius 1 is 1.38 bits per heavy atom. The van der Waals surface area contributed by atoms with Gasteiger partial charge in [0.15, 0.2) is 0 Å². The van der Waals surface area contributed by atoms with E-state index < -0.39 is 42.0 Å². The molecule has 1 saturated heterocycles. The van der Waals surface area contributed by atoms with Crippen molar-refractivity contribution in [3.8, 4) is 11.8 Å². The molecule has 1 aliphatic heterocycles. The van der Waals surface area contributed by atoms with Gasteiger partial charge in [-0.05, 0) is 19.8 Å². The normalized spacial score (nSPS) is 20.5. The number of nitrogens with one attached hydrogen (secondary N) is 1. The van der Waals surface area contributed by atoms with E-state index in [1.54, 1.807) is 0 Å². The molecule has 1 heterocycles. The molecule has 0 spiro atoms. The Morgan fingerprint density at radius 3 is 2.58 bits per heavy atom. The Kier molecular flexibility index (Phi) is 7.64. The summed E-state index contributed by atoms with van der Waals surface area (Å²) in [5.74, 6) is 2.94. The Hall–Kier alpha value is -2.15. The maximum Gasteiger partial charge on any atom is 0.326 e. The van der Waals surface area contributed by atoms with Gasteiger partial charge in [-0.15, -0.1) is 0 Å². The molecule has 1 rings (SSSR count). The molecular weight excluding hydrogens is 316 g/mol. The average Bonchev–Trinajstić information content (AvgIpc) is 3.02. The van der Waals surface area contributed by atoms with Crippen LogP contribution in [-0.4, -0.2) is 70.2 Å². The third-order valence-electron chi connectivity index (χ3n) is 3.79. The summed E-state index contributed by atoms with van der Waals surface area (Å²) in [5.41, 5.74) is 10.8. The Labute approximate surface area is 140 Å². The number of rotatable bonds is 6. The van der Waals surface area contributed by atoms with Crippen LogP contribution in [-0.2, 0) is 14.4 Å². The zero-order valence-electron chi connectivity index (χ0n) is 13.6. The summed E-state index contributed by atoms with van der Waals surface area (Å²) < 4.78 is 0. The molecule has 7 N–H and O–H groups in total. The first-order valence-corrected chi connectivity index (χ1v) is 7.72. The molecule has 0 aliphatic carbocycles. The predicted octanol–water partition coefficient (Wildman–Crippen LogP) is -2.39. The number of likely N-dealkylation sites (tertiary alicyclic amines) is 1. The molecule has 0 radical (unpaired) electrons. The molecule has 0 unspecified atom stereocenters. The van der Waals surface area contributed by atoms with E-state index in [9.17, 15) is 24.6 Å². The number of nitrogens with two attached hydrogens (primary N) is 2. The number of hydrogen-bond donors (Lipinski definition) is 5.